The third-order valence-corrected chi connectivity index (χ3v) is 13.8. The lowest BCUT2D eigenvalue weighted by Crippen LogP contribution is -2.18. The van der Waals surface area contributed by atoms with Crippen molar-refractivity contribution in [3.05, 3.63) is 271 Å². The van der Waals surface area contributed by atoms with E-state index >= 15 is 0 Å². The van der Waals surface area contributed by atoms with E-state index in [-0.39, 0.29) is 10.8 Å². The number of nitrogens with zero attached hydrogens (tertiary/aromatic N) is 3. The number of anilines is 9. The monoisotopic (exact) mass is 953 g/mol. The van der Waals surface area contributed by atoms with E-state index in [0.29, 0.717) is 5.02 Å². The molecular formula is C68H60ClN3. The van der Waals surface area contributed by atoms with E-state index in [1.54, 1.807) is 0 Å². The van der Waals surface area contributed by atoms with Crippen molar-refractivity contribution in [3.63, 3.8) is 0 Å². The van der Waals surface area contributed by atoms with E-state index in [9.17, 15) is 0 Å². The van der Waals surface area contributed by atoms with Crippen LogP contribution in [0.4, 0.5) is 51.2 Å². The van der Waals surface area contributed by atoms with Gasteiger partial charge in [0, 0.05) is 45.3 Å². The Morgan fingerprint density at radius 3 is 1.06 bits per heavy atom. The van der Waals surface area contributed by atoms with Gasteiger partial charge >= 0.3 is 0 Å². The van der Waals surface area contributed by atoms with Crippen molar-refractivity contribution in [2.45, 2.75) is 52.4 Å². The second-order valence-electron chi connectivity index (χ2n) is 20.4. The van der Waals surface area contributed by atoms with Gasteiger partial charge in [0.1, 0.15) is 0 Å². The normalized spacial score (nSPS) is 11.5. The van der Waals surface area contributed by atoms with Crippen LogP contribution in [0, 0.1) is 0 Å². The summed E-state index contributed by atoms with van der Waals surface area (Å²) in [5.74, 6) is 0. The van der Waals surface area contributed by atoms with E-state index in [1.165, 1.54) is 11.1 Å². The molecule has 72 heavy (non-hydrogen) atoms. The summed E-state index contributed by atoms with van der Waals surface area (Å²) in [7, 11) is 0. The van der Waals surface area contributed by atoms with E-state index in [4.69, 9.17) is 11.6 Å². The smallest absolute Gasteiger partial charge is 0.0887 e. The zero-order chi connectivity index (χ0) is 49.8. The molecule has 0 aromatic heterocycles. The molecule has 0 unspecified atom stereocenters. The van der Waals surface area contributed by atoms with Crippen molar-refractivity contribution in [2.75, 3.05) is 14.7 Å². The van der Waals surface area contributed by atoms with Crippen molar-refractivity contribution in [1.82, 2.24) is 0 Å². The highest BCUT2D eigenvalue weighted by Crippen LogP contribution is 2.54. The third-order valence-electron chi connectivity index (χ3n) is 13.4. The number of para-hydroxylation sites is 3. The first-order valence-electron chi connectivity index (χ1n) is 24.9. The summed E-state index contributed by atoms with van der Waals surface area (Å²) in [5.41, 5.74) is 17.7. The first-order valence-corrected chi connectivity index (χ1v) is 25.2. The zero-order valence-electron chi connectivity index (χ0n) is 42.0. The fraction of sp³-hybridized carbons (Fsp3) is 0.118. The molecule has 0 fully saturated rings. The van der Waals surface area contributed by atoms with Crippen molar-refractivity contribution in [1.29, 1.82) is 0 Å². The average molecular weight is 955 g/mol. The van der Waals surface area contributed by atoms with Crippen LogP contribution in [0.15, 0.2) is 255 Å². The van der Waals surface area contributed by atoms with Gasteiger partial charge in [0.2, 0.25) is 0 Å². The molecule has 0 amide bonds. The fourth-order valence-electron chi connectivity index (χ4n) is 9.58. The van der Waals surface area contributed by atoms with Gasteiger partial charge in [-0.05, 0) is 135 Å². The van der Waals surface area contributed by atoms with Crippen LogP contribution < -0.4 is 14.7 Å². The molecule has 354 valence electrons. The van der Waals surface area contributed by atoms with Gasteiger partial charge in [0.05, 0.1) is 22.1 Å². The van der Waals surface area contributed by atoms with Crippen molar-refractivity contribution < 1.29 is 0 Å². The first-order chi connectivity index (χ1) is 34.9. The molecule has 0 N–H and O–H groups in total. The average Bonchev–Trinajstić information content (AvgIpc) is 3.41. The molecule has 10 aromatic carbocycles. The number of halogens is 1. The maximum Gasteiger partial charge on any atom is 0.0887 e. The SMILES string of the molecule is CC(C)(C)c1ccc(N(c2cc(-c3ccccc3)cc(N(c3ccccc3)c3cccc(N(c4ccccc4)c4ccccc4)c3)c2Cl)c2c(-c3ccccc3)cc(C(C)(C)C)cc2-c2ccccc2)cc1. The van der Waals surface area contributed by atoms with E-state index in [0.717, 1.165) is 84.6 Å². The minimum Gasteiger partial charge on any atom is -0.310 e. The lowest BCUT2D eigenvalue weighted by molar-refractivity contribution is 0.590. The second kappa shape index (κ2) is 20.3. The fourth-order valence-corrected chi connectivity index (χ4v) is 9.85. The first kappa shape index (κ1) is 47.6. The Morgan fingerprint density at radius 2 is 0.625 bits per heavy atom. The van der Waals surface area contributed by atoms with Gasteiger partial charge in [0.15, 0.2) is 0 Å². The molecule has 0 saturated carbocycles. The number of hydrogen-bond acceptors (Lipinski definition) is 3. The van der Waals surface area contributed by atoms with Crippen LogP contribution in [0.25, 0.3) is 33.4 Å². The Hall–Kier alpha value is -8.11. The molecule has 0 atom stereocenters. The largest absolute Gasteiger partial charge is 0.310 e. The van der Waals surface area contributed by atoms with Gasteiger partial charge in [-0.3, -0.25) is 0 Å². The standard InChI is InChI=1S/C68H60ClN3/c1-67(2,3)53-40-42-58(43-41-53)72(66-61(50-28-15-8-16-29-50)46-54(68(4,5)6)47-62(66)51-30-17-9-18-31-51)64-45-52(49-26-13-7-14-27-49)44-63(65(64)69)71(57-36-23-12-24-37-57)60-39-25-38-59(48-60)70(55-32-19-10-20-33-55)56-34-21-11-22-35-56/h7-48H,1-6H3. The van der Waals surface area contributed by atoms with Crippen LogP contribution in [0.3, 0.4) is 0 Å². The maximum atomic E-state index is 8.36. The molecule has 0 saturated heterocycles. The molecular weight excluding hydrogens is 894 g/mol. The Bertz CT molecular complexity index is 3300. The Morgan fingerprint density at radius 1 is 0.278 bits per heavy atom. The quantitative estimate of drug-likeness (QED) is 0.121. The molecule has 0 radical (unpaired) electrons. The van der Waals surface area contributed by atoms with Gasteiger partial charge in [0.25, 0.3) is 0 Å². The summed E-state index contributed by atoms with van der Waals surface area (Å²) in [4.78, 5) is 7.05. The molecule has 0 aliphatic heterocycles. The molecule has 0 heterocycles. The summed E-state index contributed by atoms with van der Waals surface area (Å²) < 4.78 is 0. The van der Waals surface area contributed by atoms with Crippen LogP contribution in [0.2, 0.25) is 5.02 Å². The minimum atomic E-state index is -0.149. The maximum absolute atomic E-state index is 8.36. The van der Waals surface area contributed by atoms with Gasteiger partial charge in [-0.15, -0.1) is 0 Å². The summed E-state index contributed by atoms with van der Waals surface area (Å²) >= 11 is 8.36. The highest BCUT2D eigenvalue weighted by atomic mass is 35.5. The molecule has 0 bridgehead atoms. The zero-order valence-corrected chi connectivity index (χ0v) is 42.7. The Labute approximate surface area is 431 Å². The lowest BCUT2D eigenvalue weighted by atomic mass is 9.81. The molecule has 0 spiro atoms. The van der Waals surface area contributed by atoms with Crippen molar-refractivity contribution >= 4 is 62.8 Å². The van der Waals surface area contributed by atoms with Crippen LogP contribution in [-0.4, -0.2) is 0 Å². The number of rotatable bonds is 12. The Kier molecular flexibility index (Phi) is 13.4. The van der Waals surface area contributed by atoms with Crippen molar-refractivity contribution in [2.24, 2.45) is 0 Å². The minimum absolute atomic E-state index is 0.0541. The summed E-state index contributed by atoms with van der Waals surface area (Å²) in [6, 6.07) is 91.3. The van der Waals surface area contributed by atoms with Crippen LogP contribution in [0.5, 0.6) is 0 Å². The highest BCUT2D eigenvalue weighted by molar-refractivity contribution is 6.37. The Balaban J connectivity index is 1.31. The highest BCUT2D eigenvalue weighted by Gasteiger charge is 2.30. The van der Waals surface area contributed by atoms with E-state index in [1.807, 2.05) is 0 Å². The molecule has 10 rings (SSSR count). The van der Waals surface area contributed by atoms with E-state index in [2.05, 4.69) is 311 Å². The molecule has 0 aliphatic carbocycles. The molecule has 4 heteroatoms. The van der Waals surface area contributed by atoms with Gasteiger partial charge in [-0.25, -0.2) is 0 Å². The predicted octanol–water partition coefficient (Wildman–Crippen LogP) is 20.3. The summed E-state index contributed by atoms with van der Waals surface area (Å²) in [6.45, 7) is 13.7. The third kappa shape index (κ3) is 9.95. The summed E-state index contributed by atoms with van der Waals surface area (Å²) in [5, 5.41) is 0.602. The topological polar surface area (TPSA) is 9.72 Å². The molecule has 10 aromatic rings. The van der Waals surface area contributed by atoms with Crippen LogP contribution >= 0.6 is 11.6 Å². The summed E-state index contributed by atoms with van der Waals surface area (Å²) in [6.07, 6.45) is 0. The van der Waals surface area contributed by atoms with Crippen LogP contribution in [0.1, 0.15) is 52.7 Å². The number of hydrogen-bond donors (Lipinski definition) is 0. The van der Waals surface area contributed by atoms with E-state index < -0.39 is 0 Å². The molecule has 3 nitrogen and oxygen atoms in total. The predicted molar refractivity (Wildman–Crippen MR) is 309 cm³/mol. The number of benzene rings is 10. The lowest BCUT2D eigenvalue weighted by Gasteiger charge is -2.35. The second-order valence-corrected chi connectivity index (χ2v) is 20.8. The van der Waals surface area contributed by atoms with Crippen molar-refractivity contribution in [3.8, 4) is 33.4 Å². The van der Waals surface area contributed by atoms with Gasteiger partial charge in [-0.1, -0.05) is 217 Å². The van der Waals surface area contributed by atoms with Crippen LogP contribution in [-0.2, 0) is 10.8 Å². The van der Waals surface area contributed by atoms with Gasteiger partial charge < -0.3 is 14.7 Å². The molecule has 0 aliphatic rings. The van der Waals surface area contributed by atoms with Gasteiger partial charge in [-0.2, -0.15) is 0 Å².